The van der Waals surface area contributed by atoms with Gasteiger partial charge in [0, 0.05) is 24.0 Å². The van der Waals surface area contributed by atoms with Crippen molar-refractivity contribution in [2.45, 2.75) is 31.7 Å². The predicted molar refractivity (Wildman–Crippen MR) is 69.9 cm³/mol. The molecule has 1 fully saturated rings. The molecule has 3 nitrogen and oxygen atoms in total. The van der Waals surface area contributed by atoms with Gasteiger partial charge in [-0.25, -0.2) is 4.98 Å². The summed E-state index contributed by atoms with van der Waals surface area (Å²) in [5.74, 6) is 0.985. The summed E-state index contributed by atoms with van der Waals surface area (Å²) in [5.41, 5.74) is 1.72. The molecule has 90 valence electrons. The zero-order chi connectivity index (χ0) is 12.4. The van der Waals surface area contributed by atoms with Gasteiger partial charge in [0.15, 0.2) is 0 Å². The maximum Gasteiger partial charge on any atom is 0.140 e. The van der Waals surface area contributed by atoms with Gasteiger partial charge < -0.3 is 4.57 Å². The minimum absolute atomic E-state index is 0.577. The van der Waals surface area contributed by atoms with Crippen LogP contribution >= 0.6 is 0 Å². The molecule has 1 aliphatic rings. The molecule has 18 heavy (non-hydrogen) atoms. The Labute approximate surface area is 107 Å². The van der Waals surface area contributed by atoms with Crippen LogP contribution in [0.5, 0.6) is 0 Å². The van der Waals surface area contributed by atoms with Crippen molar-refractivity contribution in [3.05, 3.63) is 42.2 Å². The third-order valence-corrected chi connectivity index (χ3v) is 3.64. The molecular weight excluding hydrogens is 222 g/mol. The third-order valence-electron chi connectivity index (χ3n) is 3.64. The smallest absolute Gasteiger partial charge is 0.140 e. The van der Waals surface area contributed by atoms with Gasteiger partial charge in [0.05, 0.1) is 11.6 Å². The second kappa shape index (κ2) is 4.66. The third kappa shape index (κ3) is 1.91. The molecule has 0 aliphatic heterocycles. The minimum atomic E-state index is 0.577. The molecule has 0 unspecified atom stereocenters. The van der Waals surface area contributed by atoms with Gasteiger partial charge in [0.2, 0.25) is 0 Å². The highest BCUT2D eigenvalue weighted by Crippen LogP contribution is 2.32. The van der Waals surface area contributed by atoms with Crippen LogP contribution in [0.1, 0.15) is 37.3 Å². The first kappa shape index (κ1) is 11.0. The zero-order valence-electron chi connectivity index (χ0n) is 10.2. The fourth-order valence-electron chi connectivity index (χ4n) is 2.74. The topological polar surface area (TPSA) is 41.6 Å². The van der Waals surface area contributed by atoms with E-state index in [0.29, 0.717) is 11.6 Å². The molecule has 1 aromatic carbocycles. The molecule has 0 bridgehead atoms. The molecule has 1 saturated carbocycles. The molecule has 1 aliphatic carbocycles. The average Bonchev–Trinajstić information content (AvgIpc) is 3.09. The van der Waals surface area contributed by atoms with Crippen LogP contribution in [0.25, 0.3) is 11.4 Å². The fraction of sp³-hybridized carbons (Fsp3) is 0.333. The van der Waals surface area contributed by atoms with Crippen molar-refractivity contribution in [3.63, 3.8) is 0 Å². The Kier molecular flexibility index (Phi) is 2.85. The largest absolute Gasteiger partial charge is 0.328 e. The number of nitriles is 1. The molecule has 0 amide bonds. The van der Waals surface area contributed by atoms with Crippen molar-refractivity contribution in [2.75, 3.05) is 0 Å². The quantitative estimate of drug-likeness (QED) is 0.801. The summed E-state index contributed by atoms with van der Waals surface area (Å²) in [7, 11) is 0. The maximum absolute atomic E-state index is 8.96. The van der Waals surface area contributed by atoms with Gasteiger partial charge in [-0.05, 0) is 25.0 Å². The number of benzene rings is 1. The standard InChI is InChI=1S/C15H15N3/c16-11-12-4-3-5-13(10-12)15-17-8-9-18(15)14-6-1-2-7-14/h3-5,8-10,14H,1-2,6-7H2. The molecule has 0 spiro atoms. The normalized spacial score (nSPS) is 15.7. The van der Waals surface area contributed by atoms with Crippen LogP contribution in [-0.4, -0.2) is 9.55 Å². The van der Waals surface area contributed by atoms with Crippen LogP contribution in [0, 0.1) is 11.3 Å². The number of hydrogen-bond donors (Lipinski definition) is 0. The van der Waals surface area contributed by atoms with Gasteiger partial charge in [0.1, 0.15) is 5.82 Å². The first-order valence-corrected chi connectivity index (χ1v) is 6.42. The van der Waals surface area contributed by atoms with E-state index in [1.54, 1.807) is 0 Å². The molecule has 3 heteroatoms. The molecule has 0 radical (unpaired) electrons. The van der Waals surface area contributed by atoms with Crippen LogP contribution in [0.3, 0.4) is 0 Å². The van der Waals surface area contributed by atoms with Gasteiger partial charge in [-0.1, -0.05) is 25.0 Å². The van der Waals surface area contributed by atoms with Crippen LogP contribution in [0.2, 0.25) is 0 Å². The highest BCUT2D eigenvalue weighted by Gasteiger charge is 2.19. The lowest BCUT2D eigenvalue weighted by molar-refractivity contribution is 0.523. The first-order chi connectivity index (χ1) is 8.88. The lowest BCUT2D eigenvalue weighted by atomic mass is 10.1. The van der Waals surface area contributed by atoms with E-state index in [2.05, 4.69) is 21.8 Å². The summed E-state index contributed by atoms with van der Waals surface area (Å²) in [4.78, 5) is 4.46. The van der Waals surface area contributed by atoms with Gasteiger partial charge in [0.25, 0.3) is 0 Å². The van der Waals surface area contributed by atoms with Gasteiger partial charge in [-0.2, -0.15) is 5.26 Å². The summed E-state index contributed by atoms with van der Waals surface area (Å²) in [6, 6.07) is 10.4. The summed E-state index contributed by atoms with van der Waals surface area (Å²) in [6.45, 7) is 0. The lowest BCUT2D eigenvalue weighted by Gasteiger charge is -2.14. The molecule has 0 saturated heterocycles. The van der Waals surface area contributed by atoms with E-state index in [1.165, 1.54) is 25.7 Å². The van der Waals surface area contributed by atoms with E-state index >= 15 is 0 Å². The molecule has 2 aromatic rings. The Morgan fingerprint density at radius 3 is 2.89 bits per heavy atom. The highest BCUT2D eigenvalue weighted by atomic mass is 15.1. The van der Waals surface area contributed by atoms with E-state index in [0.717, 1.165) is 11.4 Å². The fourth-order valence-corrected chi connectivity index (χ4v) is 2.74. The highest BCUT2D eigenvalue weighted by molar-refractivity contribution is 5.58. The van der Waals surface area contributed by atoms with Gasteiger partial charge in [-0.15, -0.1) is 0 Å². The van der Waals surface area contributed by atoms with Crippen LogP contribution in [0.15, 0.2) is 36.7 Å². The van der Waals surface area contributed by atoms with Gasteiger partial charge >= 0.3 is 0 Å². The van der Waals surface area contributed by atoms with E-state index in [1.807, 2.05) is 30.5 Å². The minimum Gasteiger partial charge on any atom is -0.328 e. The van der Waals surface area contributed by atoms with E-state index in [-0.39, 0.29) is 0 Å². The Hall–Kier alpha value is -2.08. The Morgan fingerprint density at radius 1 is 1.28 bits per heavy atom. The number of rotatable bonds is 2. The molecule has 1 heterocycles. The molecule has 1 aromatic heterocycles. The number of aromatic nitrogens is 2. The second-order valence-electron chi connectivity index (χ2n) is 4.79. The average molecular weight is 237 g/mol. The Bertz CT molecular complexity index is 586. The van der Waals surface area contributed by atoms with E-state index in [9.17, 15) is 0 Å². The van der Waals surface area contributed by atoms with Crippen molar-refractivity contribution in [1.82, 2.24) is 9.55 Å². The maximum atomic E-state index is 8.96. The van der Waals surface area contributed by atoms with Crippen molar-refractivity contribution >= 4 is 0 Å². The molecule has 3 rings (SSSR count). The number of nitrogens with zero attached hydrogens (tertiary/aromatic N) is 3. The van der Waals surface area contributed by atoms with Gasteiger partial charge in [-0.3, -0.25) is 0 Å². The molecule has 0 atom stereocenters. The van der Waals surface area contributed by atoms with Crippen LogP contribution < -0.4 is 0 Å². The number of hydrogen-bond acceptors (Lipinski definition) is 2. The summed E-state index contributed by atoms with van der Waals surface area (Å²) < 4.78 is 2.27. The Morgan fingerprint density at radius 2 is 2.11 bits per heavy atom. The van der Waals surface area contributed by atoms with Crippen LogP contribution in [0.4, 0.5) is 0 Å². The monoisotopic (exact) mass is 237 g/mol. The van der Waals surface area contributed by atoms with Crippen molar-refractivity contribution in [2.24, 2.45) is 0 Å². The SMILES string of the molecule is N#Cc1cccc(-c2nccn2C2CCCC2)c1. The Balaban J connectivity index is 2.01. The van der Waals surface area contributed by atoms with Crippen LogP contribution in [-0.2, 0) is 0 Å². The summed E-state index contributed by atoms with van der Waals surface area (Å²) in [5, 5.41) is 8.96. The molecule has 0 N–H and O–H groups in total. The van der Waals surface area contributed by atoms with Crippen molar-refractivity contribution < 1.29 is 0 Å². The molecular formula is C15H15N3. The van der Waals surface area contributed by atoms with E-state index < -0.39 is 0 Å². The van der Waals surface area contributed by atoms with E-state index in [4.69, 9.17) is 5.26 Å². The first-order valence-electron chi connectivity index (χ1n) is 6.42. The zero-order valence-corrected chi connectivity index (χ0v) is 10.2. The van der Waals surface area contributed by atoms with Crippen molar-refractivity contribution in [3.8, 4) is 17.5 Å². The van der Waals surface area contributed by atoms with Crippen molar-refractivity contribution in [1.29, 1.82) is 5.26 Å². The predicted octanol–water partition coefficient (Wildman–Crippen LogP) is 3.54. The summed E-state index contributed by atoms with van der Waals surface area (Å²) in [6.07, 6.45) is 9.00. The lowest BCUT2D eigenvalue weighted by Crippen LogP contribution is -2.05. The summed E-state index contributed by atoms with van der Waals surface area (Å²) >= 11 is 0. The second-order valence-corrected chi connectivity index (χ2v) is 4.79. The number of imidazole rings is 1.